The van der Waals surface area contributed by atoms with Crippen LogP contribution >= 0.6 is 28.1 Å². The van der Waals surface area contributed by atoms with E-state index in [2.05, 4.69) is 21.2 Å². The summed E-state index contributed by atoms with van der Waals surface area (Å²) in [6.07, 6.45) is 2.13. The third-order valence-electron chi connectivity index (χ3n) is 2.88. The van der Waals surface area contributed by atoms with Crippen LogP contribution in [0, 0.1) is 0 Å². The Morgan fingerprint density at radius 3 is 2.67 bits per heavy atom. The van der Waals surface area contributed by atoms with Crippen LogP contribution < -0.4 is 11.1 Å². The highest BCUT2D eigenvalue weighted by Crippen LogP contribution is 2.22. The molecule has 0 aliphatic carbocycles. The monoisotopic (exact) mass is 327 g/mol. The number of halogens is 1. The van der Waals surface area contributed by atoms with E-state index in [9.17, 15) is 4.79 Å². The molecule has 2 rings (SSSR count). The molecule has 1 heterocycles. The second kappa shape index (κ2) is 5.67. The summed E-state index contributed by atoms with van der Waals surface area (Å²) in [5.74, 6) is 0. The molecule has 1 aliphatic heterocycles. The van der Waals surface area contributed by atoms with E-state index in [0.29, 0.717) is 11.3 Å². The molecule has 18 heavy (non-hydrogen) atoms. The van der Waals surface area contributed by atoms with E-state index in [1.807, 2.05) is 12.1 Å². The van der Waals surface area contributed by atoms with Crippen LogP contribution in [0.2, 0.25) is 0 Å². The Morgan fingerprint density at radius 1 is 1.39 bits per heavy atom. The normalized spacial score (nSPS) is 14.6. The zero-order valence-corrected chi connectivity index (χ0v) is 12.2. The number of amides is 2. The van der Waals surface area contributed by atoms with Crippen molar-refractivity contribution in [3.05, 3.63) is 28.2 Å². The topological polar surface area (TPSA) is 58.4 Å². The van der Waals surface area contributed by atoms with Crippen LogP contribution in [0.1, 0.15) is 18.4 Å². The van der Waals surface area contributed by atoms with Gasteiger partial charge in [0.1, 0.15) is 4.99 Å². The smallest absolute Gasteiger partial charge is 0.321 e. The molecule has 0 bridgehead atoms. The van der Waals surface area contributed by atoms with Gasteiger partial charge in [-0.25, -0.2) is 4.79 Å². The second-order valence-corrected chi connectivity index (χ2v) is 5.53. The molecule has 1 aromatic rings. The average Bonchev–Trinajstić information content (AvgIpc) is 2.81. The van der Waals surface area contributed by atoms with Gasteiger partial charge in [0.25, 0.3) is 0 Å². The van der Waals surface area contributed by atoms with Gasteiger partial charge in [0.2, 0.25) is 0 Å². The van der Waals surface area contributed by atoms with Crippen molar-refractivity contribution in [2.75, 3.05) is 18.4 Å². The molecule has 0 unspecified atom stereocenters. The number of hydrogen-bond donors (Lipinski definition) is 2. The van der Waals surface area contributed by atoms with Gasteiger partial charge in [-0.1, -0.05) is 28.1 Å². The van der Waals surface area contributed by atoms with Crippen molar-refractivity contribution in [2.24, 2.45) is 5.73 Å². The maximum Gasteiger partial charge on any atom is 0.321 e. The predicted molar refractivity (Wildman–Crippen MR) is 79.9 cm³/mol. The van der Waals surface area contributed by atoms with Crippen molar-refractivity contribution in [3.63, 3.8) is 0 Å². The van der Waals surface area contributed by atoms with Crippen LogP contribution in [-0.2, 0) is 0 Å². The van der Waals surface area contributed by atoms with Crippen molar-refractivity contribution in [1.29, 1.82) is 0 Å². The molecule has 3 N–H and O–H groups in total. The number of carbonyl (C=O) groups is 1. The lowest BCUT2D eigenvalue weighted by molar-refractivity contribution is 0.222. The van der Waals surface area contributed by atoms with E-state index in [4.69, 9.17) is 18.0 Å². The van der Waals surface area contributed by atoms with Crippen LogP contribution in [0.25, 0.3) is 0 Å². The quantitative estimate of drug-likeness (QED) is 0.821. The highest BCUT2D eigenvalue weighted by atomic mass is 79.9. The van der Waals surface area contributed by atoms with Crippen LogP contribution in [-0.4, -0.2) is 29.0 Å². The number of benzene rings is 1. The molecule has 0 radical (unpaired) electrons. The van der Waals surface area contributed by atoms with Crippen molar-refractivity contribution in [1.82, 2.24) is 4.90 Å². The number of nitrogens with zero attached hydrogens (tertiary/aromatic N) is 1. The number of thiocarbonyl (C=S) groups is 1. The first-order valence-electron chi connectivity index (χ1n) is 5.73. The molecule has 1 saturated heterocycles. The first-order chi connectivity index (χ1) is 8.58. The lowest BCUT2D eigenvalue weighted by Gasteiger charge is -2.18. The number of likely N-dealkylation sites (tertiary alicyclic amines) is 1. The molecular weight excluding hydrogens is 314 g/mol. The highest BCUT2D eigenvalue weighted by Gasteiger charge is 2.19. The van der Waals surface area contributed by atoms with Gasteiger partial charge in [-0.2, -0.15) is 0 Å². The van der Waals surface area contributed by atoms with E-state index in [-0.39, 0.29) is 11.0 Å². The lowest BCUT2D eigenvalue weighted by Crippen LogP contribution is -2.32. The van der Waals surface area contributed by atoms with Gasteiger partial charge < -0.3 is 16.0 Å². The Bertz CT molecular complexity index is 486. The zero-order valence-electron chi connectivity index (χ0n) is 9.78. The summed E-state index contributed by atoms with van der Waals surface area (Å²) in [4.78, 5) is 14.1. The first kappa shape index (κ1) is 13.3. The number of hydrogen-bond acceptors (Lipinski definition) is 2. The van der Waals surface area contributed by atoms with Crippen molar-refractivity contribution in [3.8, 4) is 0 Å². The number of anilines is 1. The predicted octanol–water partition coefficient (Wildman–Crippen LogP) is 2.71. The van der Waals surface area contributed by atoms with Crippen molar-refractivity contribution < 1.29 is 4.79 Å². The van der Waals surface area contributed by atoms with E-state index in [0.717, 1.165) is 30.4 Å². The molecule has 4 nitrogen and oxygen atoms in total. The van der Waals surface area contributed by atoms with Gasteiger partial charge in [-0.15, -0.1) is 0 Å². The minimum atomic E-state index is -0.0944. The molecule has 1 fully saturated rings. The maximum atomic E-state index is 12.0. The average molecular weight is 328 g/mol. The molecule has 0 aromatic heterocycles. The number of rotatable bonds is 2. The Kier molecular flexibility index (Phi) is 4.19. The zero-order chi connectivity index (χ0) is 13.1. The van der Waals surface area contributed by atoms with Crippen LogP contribution in [0.15, 0.2) is 22.7 Å². The maximum absolute atomic E-state index is 12.0. The Balaban J connectivity index is 2.19. The molecule has 0 saturated carbocycles. The number of nitrogens with two attached hydrogens (primary N) is 1. The molecule has 0 spiro atoms. The summed E-state index contributed by atoms with van der Waals surface area (Å²) in [5, 5.41) is 2.86. The second-order valence-electron chi connectivity index (χ2n) is 4.18. The molecular formula is C12H14BrN3OS. The van der Waals surface area contributed by atoms with Crippen molar-refractivity contribution in [2.45, 2.75) is 12.8 Å². The number of nitrogens with one attached hydrogen (secondary N) is 1. The highest BCUT2D eigenvalue weighted by molar-refractivity contribution is 9.10. The summed E-state index contributed by atoms with van der Waals surface area (Å²) in [6, 6.07) is 5.36. The minimum absolute atomic E-state index is 0.0944. The summed E-state index contributed by atoms with van der Waals surface area (Å²) in [5.41, 5.74) is 6.97. The number of urea groups is 1. The fraction of sp³-hybridized carbons (Fsp3) is 0.333. The van der Waals surface area contributed by atoms with E-state index < -0.39 is 0 Å². The Morgan fingerprint density at radius 2 is 2.06 bits per heavy atom. The fourth-order valence-corrected chi connectivity index (χ4v) is 2.49. The van der Waals surface area contributed by atoms with E-state index >= 15 is 0 Å². The van der Waals surface area contributed by atoms with Crippen LogP contribution in [0.3, 0.4) is 0 Å². The van der Waals surface area contributed by atoms with Gasteiger partial charge in [-0.05, 0) is 31.0 Å². The van der Waals surface area contributed by atoms with Gasteiger partial charge in [0.15, 0.2) is 0 Å². The summed E-state index contributed by atoms with van der Waals surface area (Å²) in [6.45, 7) is 1.62. The molecule has 1 aromatic carbocycles. The van der Waals surface area contributed by atoms with E-state index in [1.54, 1.807) is 11.0 Å². The molecule has 1 aliphatic rings. The molecule has 0 atom stereocenters. The van der Waals surface area contributed by atoms with Gasteiger partial charge in [0.05, 0.1) is 5.69 Å². The largest absolute Gasteiger partial charge is 0.389 e. The van der Waals surface area contributed by atoms with Crippen LogP contribution in [0.5, 0.6) is 0 Å². The SMILES string of the molecule is NC(=S)c1ccc(Br)cc1NC(=O)N1CCCC1. The van der Waals surface area contributed by atoms with Gasteiger partial charge >= 0.3 is 6.03 Å². The molecule has 6 heteroatoms. The van der Waals surface area contributed by atoms with Crippen LogP contribution in [0.4, 0.5) is 10.5 Å². The molecule has 2 amide bonds. The standard InChI is InChI=1S/C12H14BrN3OS/c13-8-3-4-9(11(14)18)10(7-8)15-12(17)16-5-1-2-6-16/h3-4,7H,1-2,5-6H2,(H2,14,18)(H,15,17). The third kappa shape index (κ3) is 3.00. The van der Waals surface area contributed by atoms with E-state index in [1.165, 1.54) is 0 Å². The first-order valence-corrected chi connectivity index (χ1v) is 6.93. The summed E-state index contributed by atoms with van der Waals surface area (Å²) < 4.78 is 0.874. The number of carbonyl (C=O) groups excluding carboxylic acids is 1. The lowest BCUT2D eigenvalue weighted by atomic mass is 10.2. The Labute approximate surface area is 120 Å². The Hall–Kier alpha value is -1.14. The third-order valence-corrected chi connectivity index (χ3v) is 3.60. The summed E-state index contributed by atoms with van der Waals surface area (Å²) in [7, 11) is 0. The molecule has 96 valence electrons. The van der Waals surface area contributed by atoms with Gasteiger partial charge in [0, 0.05) is 23.1 Å². The van der Waals surface area contributed by atoms with Crippen molar-refractivity contribution >= 4 is 44.9 Å². The summed E-state index contributed by atoms with van der Waals surface area (Å²) >= 11 is 8.35. The minimum Gasteiger partial charge on any atom is -0.389 e. The fourth-order valence-electron chi connectivity index (χ4n) is 1.95. The van der Waals surface area contributed by atoms with Gasteiger partial charge in [-0.3, -0.25) is 0 Å².